The van der Waals surface area contributed by atoms with Crippen molar-refractivity contribution in [3.05, 3.63) is 139 Å². The summed E-state index contributed by atoms with van der Waals surface area (Å²) in [4.78, 5) is 13.4. The van der Waals surface area contributed by atoms with E-state index in [1.807, 2.05) is 36.4 Å². The second-order valence-electron chi connectivity index (χ2n) is 8.97. The van der Waals surface area contributed by atoms with Gasteiger partial charge in [-0.05, 0) is 67.5 Å². The van der Waals surface area contributed by atoms with Gasteiger partial charge in [-0.25, -0.2) is 4.98 Å². The summed E-state index contributed by atoms with van der Waals surface area (Å²) in [5.41, 5.74) is 4.22. The largest absolute Gasteiger partial charge is 0.226 e. The number of aromatic nitrogens is 3. The quantitative estimate of drug-likeness (QED) is 0.229. The van der Waals surface area contributed by atoms with Gasteiger partial charge in [-0.2, -0.15) is 9.97 Å². The molecule has 0 aliphatic carbocycles. The summed E-state index contributed by atoms with van der Waals surface area (Å²) >= 11 is 6.36. The maximum absolute atomic E-state index is 8.62. The second-order valence-corrected chi connectivity index (χ2v) is 9.31. The van der Waals surface area contributed by atoms with Gasteiger partial charge in [0, 0.05) is 11.1 Å². The van der Waals surface area contributed by atoms with Crippen molar-refractivity contribution in [1.82, 2.24) is 15.0 Å². The third-order valence-electron chi connectivity index (χ3n) is 6.56. The van der Waals surface area contributed by atoms with Gasteiger partial charge in [0.25, 0.3) is 0 Å². The van der Waals surface area contributed by atoms with Crippen molar-refractivity contribution in [1.29, 1.82) is 0 Å². The molecule has 4 heteroatoms. The van der Waals surface area contributed by atoms with Crippen LogP contribution in [0.2, 0.25) is 5.28 Å². The zero-order chi connectivity index (χ0) is 32.3. The Labute approximate surface area is 241 Å². The van der Waals surface area contributed by atoms with E-state index in [0.29, 0.717) is 22.8 Å². The zero-order valence-corrected chi connectivity index (χ0v) is 21.1. The van der Waals surface area contributed by atoms with Crippen LogP contribution in [0.4, 0.5) is 0 Å². The predicted octanol–water partition coefficient (Wildman–Crippen LogP) is 9.50. The molecule has 0 saturated heterocycles. The third-order valence-corrected chi connectivity index (χ3v) is 6.73. The average Bonchev–Trinajstić information content (AvgIpc) is 3.08. The maximum atomic E-state index is 8.62. The highest BCUT2D eigenvalue weighted by molar-refractivity contribution is 6.28. The van der Waals surface area contributed by atoms with E-state index >= 15 is 0 Å². The van der Waals surface area contributed by atoms with Crippen LogP contribution in [0.5, 0.6) is 0 Å². The molecule has 0 unspecified atom stereocenters. The van der Waals surface area contributed by atoms with Crippen molar-refractivity contribution in [2.24, 2.45) is 0 Å². The van der Waals surface area contributed by atoms with Crippen LogP contribution < -0.4 is 0 Å². The van der Waals surface area contributed by atoms with E-state index in [2.05, 4.69) is 45.3 Å². The van der Waals surface area contributed by atoms with Crippen LogP contribution in [0.3, 0.4) is 0 Å². The molecule has 0 atom stereocenters. The average molecular weight is 527 g/mol. The third kappa shape index (κ3) is 4.54. The normalized spacial score (nSPS) is 13.7. The van der Waals surface area contributed by atoms with Crippen LogP contribution in [0.1, 0.15) is 9.60 Å². The van der Waals surface area contributed by atoms with E-state index in [4.69, 9.17) is 21.2 Å². The second kappa shape index (κ2) is 9.79. The molecular weight excluding hydrogens is 498 g/mol. The zero-order valence-electron chi connectivity index (χ0n) is 27.4. The minimum absolute atomic E-state index is 0.0175. The first kappa shape index (κ1) is 16.9. The van der Waals surface area contributed by atoms with Crippen LogP contribution in [0.15, 0.2) is 133 Å². The van der Waals surface area contributed by atoms with Gasteiger partial charge < -0.3 is 0 Å². The summed E-state index contributed by atoms with van der Waals surface area (Å²) in [6, 6.07) is 26.3. The van der Waals surface area contributed by atoms with Gasteiger partial charge in [-0.3, -0.25) is 0 Å². The molecule has 1 heterocycles. The topological polar surface area (TPSA) is 38.7 Å². The van der Waals surface area contributed by atoms with Crippen molar-refractivity contribution in [3.63, 3.8) is 0 Å². The Morgan fingerprint density at radius 2 is 1.10 bits per heavy atom. The number of hydrogen-bond acceptors (Lipinski definition) is 3. The highest BCUT2D eigenvalue weighted by Crippen LogP contribution is 2.31. The van der Waals surface area contributed by atoms with Crippen LogP contribution >= 0.6 is 11.6 Å². The lowest BCUT2D eigenvalue weighted by atomic mass is 9.97. The molecule has 39 heavy (non-hydrogen) atoms. The first-order valence-electron chi connectivity index (χ1n) is 15.7. The molecule has 0 saturated carbocycles. The van der Waals surface area contributed by atoms with Crippen molar-refractivity contribution in [2.45, 2.75) is 0 Å². The smallest absolute Gasteiger partial charge is 0.208 e. The van der Waals surface area contributed by atoms with Crippen molar-refractivity contribution in [3.8, 4) is 45.0 Å². The predicted molar refractivity (Wildman–Crippen MR) is 162 cm³/mol. The number of rotatable bonds is 4. The van der Waals surface area contributed by atoms with E-state index in [1.54, 1.807) is 24.3 Å². The van der Waals surface area contributed by atoms with Gasteiger partial charge in [0.2, 0.25) is 5.28 Å². The first-order chi connectivity index (χ1) is 22.1. The number of hydrogen-bond donors (Lipinski definition) is 0. The molecule has 0 radical (unpaired) electrons. The minimum atomic E-state index is -0.490. The summed E-state index contributed by atoms with van der Waals surface area (Å²) in [5.74, 6) is 0.718. The maximum Gasteiger partial charge on any atom is 0.226 e. The van der Waals surface area contributed by atoms with E-state index in [0.717, 1.165) is 27.5 Å². The number of fused-ring (bicyclic) bond motifs is 2. The molecule has 184 valence electrons. The van der Waals surface area contributed by atoms with Crippen molar-refractivity contribution < 1.29 is 9.60 Å². The van der Waals surface area contributed by atoms with Gasteiger partial charge in [0.05, 0.1) is 9.60 Å². The Bertz CT molecular complexity index is 2340. The first-order valence-corrected chi connectivity index (χ1v) is 12.6. The molecule has 3 nitrogen and oxygen atoms in total. The fraction of sp³-hybridized carbons (Fsp3) is 0. The lowest BCUT2D eigenvalue weighted by molar-refractivity contribution is 1.07. The van der Waals surface area contributed by atoms with Gasteiger partial charge in [-0.15, -0.1) is 0 Å². The summed E-state index contributed by atoms with van der Waals surface area (Å²) < 4.78 is 58.4. The van der Waals surface area contributed by atoms with Gasteiger partial charge in [0.15, 0.2) is 11.6 Å². The molecule has 0 bridgehead atoms. The molecule has 0 fully saturated rings. The molecule has 1 aromatic heterocycles. The van der Waals surface area contributed by atoms with Crippen LogP contribution in [-0.2, 0) is 0 Å². The summed E-state index contributed by atoms with van der Waals surface area (Å²) in [6.07, 6.45) is 0. The monoisotopic (exact) mass is 526 g/mol. The Kier molecular flexibility index (Phi) is 4.23. The lowest BCUT2D eigenvalue weighted by Crippen LogP contribution is -1.97. The van der Waals surface area contributed by atoms with Crippen LogP contribution in [0, 0.1) is 0 Å². The summed E-state index contributed by atoms with van der Waals surface area (Å²) in [5, 5.41) is 2.04. The van der Waals surface area contributed by atoms with Gasteiger partial charge in [-0.1, -0.05) is 121 Å². The molecule has 7 rings (SSSR count). The van der Waals surface area contributed by atoms with E-state index in [1.165, 1.54) is 0 Å². The molecule has 0 aliphatic rings. The van der Waals surface area contributed by atoms with Crippen molar-refractivity contribution >= 4 is 33.1 Å². The highest BCUT2D eigenvalue weighted by atomic mass is 35.5. The van der Waals surface area contributed by atoms with Crippen LogP contribution in [-0.4, -0.2) is 15.0 Å². The SMILES string of the molecule is [2H]c1c([2H])c([2H])c2c(-c3ccc(-c4nc(Cl)nc(-c5ccc6cc(-c7ccccc7)ccc6c5)n4)cc3)c([2H])c([2H])c([2H])c2c1[2H]. The molecule has 0 spiro atoms. The van der Waals surface area contributed by atoms with E-state index in [9.17, 15) is 0 Å². The number of benzene rings is 6. The Morgan fingerprint density at radius 3 is 1.90 bits per heavy atom. The fourth-order valence-electron chi connectivity index (χ4n) is 4.62. The van der Waals surface area contributed by atoms with Gasteiger partial charge in [0.1, 0.15) is 0 Å². The summed E-state index contributed by atoms with van der Waals surface area (Å²) in [7, 11) is 0. The summed E-state index contributed by atoms with van der Waals surface area (Å²) in [6.45, 7) is 0. The Morgan fingerprint density at radius 1 is 0.487 bits per heavy atom. The Hall–Kier alpha value is -4.86. The molecule has 6 aromatic carbocycles. The lowest BCUT2D eigenvalue weighted by Gasteiger charge is -2.09. The molecular formula is C35H22ClN3. The van der Waals surface area contributed by atoms with E-state index in [-0.39, 0.29) is 33.7 Å². The highest BCUT2D eigenvalue weighted by Gasteiger charge is 2.12. The molecule has 7 aromatic rings. The van der Waals surface area contributed by atoms with E-state index < -0.39 is 30.2 Å². The van der Waals surface area contributed by atoms with Crippen molar-refractivity contribution in [2.75, 3.05) is 0 Å². The molecule has 0 N–H and O–H groups in total. The molecule has 0 amide bonds. The van der Waals surface area contributed by atoms with Gasteiger partial charge >= 0.3 is 0 Å². The number of nitrogens with zero attached hydrogens (tertiary/aromatic N) is 3. The Balaban J connectivity index is 1.28. The fourth-order valence-corrected chi connectivity index (χ4v) is 4.78. The molecule has 0 aliphatic heterocycles. The minimum Gasteiger partial charge on any atom is -0.208 e. The van der Waals surface area contributed by atoms with Crippen LogP contribution in [0.25, 0.3) is 66.6 Å². The standard InChI is InChI=1S/C35H22ClN3/c36-35-38-33(26-15-13-25(14-16-26)32-12-6-10-24-9-4-5-11-31(24)32)37-34(39-35)30-20-19-28-21-27(17-18-29(28)22-30)23-7-2-1-3-8-23/h1-22H/i4D,5D,6D,9D,10D,11D,12D. The number of halogens is 1.